The zero-order valence-corrected chi connectivity index (χ0v) is 15.0. The number of guanidine groups is 1. The topological polar surface area (TPSA) is 65.1 Å². The van der Waals surface area contributed by atoms with Gasteiger partial charge in [0.15, 0.2) is 5.96 Å². The molecule has 0 amide bonds. The number of anilines is 1. The predicted molar refractivity (Wildman–Crippen MR) is 98.8 cm³/mol. The van der Waals surface area contributed by atoms with Gasteiger partial charge < -0.3 is 20.6 Å². The number of benzene rings is 1. The van der Waals surface area contributed by atoms with E-state index >= 15 is 0 Å². The zero-order chi connectivity index (χ0) is 14.4. The first-order valence-corrected chi connectivity index (χ1v) is 7.25. The molecule has 0 aliphatic carbocycles. The summed E-state index contributed by atoms with van der Waals surface area (Å²) in [5.74, 6) is 0.578. The van der Waals surface area contributed by atoms with Gasteiger partial charge in [0.05, 0.1) is 0 Å². The first-order chi connectivity index (χ1) is 9.70. The monoisotopic (exact) mass is 424 g/mol. The Labute approximate surface area is 147 Å². The van der Waals surface area contributed by atoms with E-state index in [-0.39, 0.29) is 30.6 Å². The van der Waals surface area contributed by atoms with Crippen LogP contribution in [0, 0.1) is 0 Å². The standard InChI is InChI=1S/C14H21ClN4O.HI/c15-12-2-4-13(5-3-12)18-7-9-19(10-8-18)14(16)17-6-1-11-20;/h2-5,20H,1,6-11H2,(H2,16,17);1H. The van der Waals surface area contributed by atoms with Crippen molar-refractivity contribution in [2.24, 2.45) is 10.7 Å². The number of piperazine rings is 1. The normalized spacial score (nSPS) is 15.8. The summed E-state index contributed by atoms with van der Waals surface area (Å²) in [5, 5.41) is 9.49. The average molecular weight is 425 g/mol. The molecule has 1 aliphatic heterocycles. The van der Waals surface area contributed by atoms with Crippen LogP contribution < -0.4 is 10.6 Å². The lowest BCUT2D eigenvalue weighted by molar-refractivity contribution is 0.290. The fourth-order valence-corrected chi connectivity index (χ4v) is 2.34. The molecule has 3 N–H and O–H groups in total. The van der Waals surface area contributed by atoms with Crippen LogP contribution in [-0.4, -0.2) is 55.3 Å². The molecule has 1 aromatic carbocycles. The highest BCUT2D eigenvalue weighted by Gasteiger charge is 2.18. The summed E-state index contributed by atoms with van der Waals surface area (Å²) in [6.45, 7) is 4.28. The Morgan fingerprint density at radius 1 is 1.19 bits per heavy atom. The molecular weight excluding hydrogens is 403 g/mol. The van der Waals surface area contributed by atoms with Crippen molar-refractivity contribution in [1.82, 2.24) is 4.90 Å². The zero-order valence-electron chi connectivity index (χ0n) is 11.9. The van der Waals surface area contributed by atoms with Crippen molar-refractivity contribution in [3.63, 3.8) is 0 Å². The van der Waals surface area contributed by atoms with Crippen LogP contribution in [0.1, 0.15) is 6.42 Å². The number of aliphatic hydroxyl groups excluding tert-OH is 1. The number of halogens is 2. The van der Waals surface area contributed by atoms with E-state index in [0.717, 1.165) is 31.2 Å². The van der Waals surface area contributed by atoms with Crippen molar-refractivity contribution in [1.29, 1.82) is 0 Å². The largest absolute Gasteiger partial charge is 0.396 e. The maximum absolute atomic E-state index is 8.73. The summed E-state index contributed by atoms with van der Waals surface area (Å²) in [7, 11) is 0. The van der Waals surface area contributed by atoms with Gasteiger partial charge in [0.1, 0.15) is 0 Å². The summed E-state index contributed by atoms with van der Waals surface area (Å²) in [4.78, 5) is 8.67. The van der Waals surface area contributed by atoms with Crippen LogP contribution in [-0.2, 0) is 0 Å². The minimum absolute atomic E-state index is 0. The van der Waals surface area contributed by atoms with E-state index in [4.69, 9.17) is 22.4 Å². The number of nitrogens with two attached hydrogens (primary N) is 1. The molecular formula is C14H22ClIN4O. The van der Waals surface area contributed by atoms with Gasteiger partial charge >= 0.3 is 0 Å². The van der Waals surface area contributed by atoms with Gasteiger partial charge in [-0.15, -0.1) is 24.0 Å². The Morgan fingerprint density at radius 3 is 2.38 bits per heavy atom. The van der Waals surface area contributed by atoms with Gasteiger partial charge in [0.25, 0.3) is 0 Å². The fourth-order valence-electron chi connectivity index (χ4n) is 2.21. The molecule has 0 bridgehead atoms. The second-order valence-electron chi connectivity index (χ2n) is 4.77. The molecule has 118 valence electrons. The quantitative estimate of drug-likeness (QED) is 0.335. The molecule has 0 aromatic heterocycles. The van der Waals surface area contributed by atoms with Gasteiger partial charge in [-0.3, -0.25) is 4.99 Å². The molecule has 0 spiro atoms. The Balaban J connectivity index is 0.00000220. The highest BCUT2D eigenvalue weighted by molar-refractivity contribution is 14.0. The Hall–Kier alpha value is -0.730. The minimum atomic E-state index is 0. The Morgan fingerprint density at radius 2 is 1.81 bits per heavy atom. The number of hydrogen-bond acceptors (Lipinski definition) is 3. The Bertz CT molecular complexity index is 447. The van der Waals surface area contributed by atoms with E-state index < -0.39 is 0 Å². The first-order valence-electron chi connectivity index (χ1n) is 6.87. The highest BCUT2D eigenvalue weighted by Crippen LogP contribution is 2.19. The number of aliphatic imine (C=N–C) groups is 1. The van der Waals surface area contributed by atoms with Crippen molar-refractivity contribution < 1.29 is 5.11 Å². The summed E-state index contributed by atoms with van der Waals surface area (Å²) in [6.07, 6.45) is 0.658. The second kappa shape index (κ2) is 9.32. The molecule has 1 heterocycles. The van der Waals surface area contributed by atoms with Crippen LogP contribution >= 0.6 is 35.6 Å². The van der Waals surface area contributed by atoms with Gasteiger partial charge in [-0.05, 0) is 30.7 Å². The van der Waals surface area contributed by atoms with Crippen molar-refractivity contribution >= 4 is 47.2 Å². The van der Waals surface area contributed by atoms with Crippen molar-refractivity contribution in [3.8, 4) is 0 Å². The van der Waals surface area contributed by atoms with E-state index in [1.807, 2.05) is 24.3 Å². The number of rotatable bonds is 4. The lowest BCUT2D eigenvalue weighted by Crippen LogP contribution is -2.51. The molecule has 1 aromatic rings. The average Bonchev–Trinajstić information content (AvgIpc) is 2.48. The highest BCUT2D eigenvalue weighted by atomic mass is 127. The van der Waals surface area contributed by atoms with Gasteiger partial charge in [-0.1, -0.05) is 11.6 Å². The minimum Gasteiger partial charge on any atom is -0.396 e. The summed E-state index contributed by atoms with van der Waals surface area (Å²) in [5.41, 5.74) is 7.14. The molecule has 0 saturated carbocycles. The van der Waals surface area contributed by atoms with Crippen molar-refractivity contribution in [3.05, 3.63) is 29.3 Å². The number of nitrogens with zero attached hydrogens (tertiary/aromatic N) is 3. The number of hydrogen-bond donors (Lipinski definition) is 2. The molecule has 5 nitrogen and oxygen atoms in total. The summed E-state index contributed by atoms with van der Waals surface area (Å²) in [6, 6.07) is 7.90. The van der Waals surface area contributed by atoms with E-state index in [1.54, 1.807) is 0 Å². The molecule has 0 unspecified atom stereocenters. The summed E-state index contributed by atoms with van der Waals surface area (Å²) < 4.78 is 0. The molecule has 2 rings (SSSR count). The SMILES string of the molecule is I.NC(=NCCCO)N1CCN(c2ccc(Cl)cc2)CC1. The Kier molecular flexibility index (Phi) is 8.13. The third-order valence-electron chi connectivity index (χ3n) is 3.39. The van der Waals surface area contributed by atoms with Crippen LogP contribution in [0.5, 0.6) is 0 Å². The molecule has 0 atom stereocenters. The second-order valence-corrected chi connectivity index (χ2v) is 5.20. The van der Waals surface area contributed by atoms with Crippen LogP contribution in [0.3, 0.4) is 0 Å². The van der Waals surface area contributed by atoms with Gasteiger partial charge in [0, 0.05) is 50.0 Å². The predicted octanol–water partition coefficient (Wildman–Crippen LogP) is 1.78. The van der Waals surface area contributed by atoms with E-state index in [0.29, 0.717) is 18.9 Å². The first kappa shape index (κ1) is 18.3. The molecule has 1 aliphatic rings. The van der Waals surface area contributed by atoms with Gasteiger partial charge in [-0.2, -0.15) is 0 Å². The van der Waals surface area contributed by atoms with Crippen LogP contribution in [0.2, 0.25) is 5.02 Å². The van der Waals surface area contributed by atoms with Crippen LogP contribution in [0.4, 0.5) is 5.69 Å². The molecule has 1 fully saturated rings. The lowest BCUT2D eigenvalue weighted by atomic mass is 10.2. The van der Waals surface area contributed by atoms with Crippen LogP contribution in [0.15, 0.2) is 29.3 Å². The van der Waals surface area contributed by atoms with E-state index in [2.05, 4.69) is 14.8 Å². The maximum Gasteiger partial charge on any atom is 0.191 e. The van der Waals surface area contributed by atoms with Crippen LogP contribution in [0.25, 0.3) is 0 Å². The fraction of sp³-hybridized carbons (Fsp3) is 0.500. The lowest BCUT2D eigenvalue weighted by Gasteiger charge is -2.36. The van der Waals surface area contributed by atoms with Gasteiger partial charge in [-0.25, -0.2) is 0 Å². The summed E-state index contributed by atoms with van der Waals surface area (Å²) >= 11 is 5.90. The van der Waals surface area contributed by atoms with Gasteiger partial charge in [0.2, 0.25) is 0 Å². The third kappa shape index (κ3) is 5.52. The van der Waals surface area contributed by atoms with E-state index in [9.17, 15) is 0 Å². The maximum atomic E-state index is 8.73. The van der Waals surface area contributed by atoms with E-state index in [1.165, 1.54) is 5.69 Å². The third-order valence-corrected chi connectivity index (χ3v) is 3.64. The molecule has 0 radical (unpaired) electrons. The smallest absolute Gasteiger partial charge is 0.191 e. The molecule has 21 heavy (non-hydrogen) atoms. The molecule has 1 saturated heterocycles. The number of aliphatic hydroxyl groups is 1. The van der Waals surface area contributed by atoms with Crippen molar-refractivity contribution in [2.45, 2.75) is 6.42 Å². The molecule has 7 heteroatoms. The van der Waals surface area contributed by atoms with Crippen molar-refractivity contribution in [2.75, 3.05) is 44.2 Å².